The summed E-state index contributed by atoms with van der Waals surface area (Å²) in [6, 6.07) is -3.53. The molecule has 0 bridgehead atoms. The lowest BCUT2D eigenvalue weighted by Crippen LogP contribution is -2.59. The molecule has 1 heterocycles. The summed E-state index contributed by atoms with van der Waals surface area (Å²) in [6.45, 7) is 7.41. The summed E-state index contributed by atoms with van der Waals surface area (Å²) in [6.07, 6.45) is 1.46. The summed E-state index contributed by atoms with van der Waals surface area (Å²) < 4.78 is 0. The predicted molar refractivity (Wildman–Crippen MR) is 106 cm³/mol. The standard InChI is InChI=1S/C19H33N5O5/c1-10(2)15(21)17(27)23-16(11(3)4)18(28)22-13(8-14(20)26)19(29)24-7-5-6-12(24)9-25/h9-13,15-16H,5-8,21H2,1-4H3,(H2,20,26)(H,22,28)(H,23,27)/t12-,13-,15-,16-/m0/s1. The normalized spacial score (nSPS) is 19.6. The third-order valence-electron chi connectivity index (χ3n) is 5.03. The number of amides is 4. The van der Waals surface area contributed by atoms with E-state index in [2.05, 4.69) is 10.6 Å². The topological polar surface area (TPSA) is 165 Å². The van der Waals surface area contributed by atoms with Gasteiger partial charge in [0.1, 0.15) is 18.4 Å². The van der Waals surface area contributed by atoms with Gasteiger partial charge in [0.25, 0.3) is 0 Å². The van der Waals surface area contributed by atoms with Gasteiger partial charge in [-0.05, 0) is 24.7 Å². The van der Waals surface area contributed by atoms with Crippen LogP contribution in [0.15, 0.2) is 0 Å². The smallest absolute Gasteiger partial charge is 0.246 e. The van der Waals surface area contributed by atoms with Crippen molar-refractivity contribution >= 4 is 29.9 Å². The number of nitrogens with two attached hydrogens (primary N) is 2. The van der Waals surface area contributed by atoms with Gasteiger partial charge in [-0.15, -0.1) is 0 Å². The number of hydrogen-bond donors (Lipinski definition) is 4. The first-order valence-electron chi connectivity index (χ1n) is 9.90. The number of likely N-dealkylation sites (tertiary alicyclic amines) is 1. The fourth-order valence-electron chi connectivity index (χ4n) is 3.16. The molecule has 0 spiro atoms. The number of hydrogen-bond acceptors (Lipinski definition) is 6. The van der Waals surface area contributed by atoms with Gasteiger partial charge in [-0.3, -0.25) is 19.2 Å². The number of rotatable bonds is 10. The molecule has 10 heteroatoms. The minimum absolute atomic E-state index is 0.120. The van der Waals surface area contributed by atoms with E-state index in [9.17, 15) is 24.0 Å². The molecule has 1 aliphatic heterocycles. The van der Waals surface area contributed by atoms with Gasteiger partial charge in [0, 0.05) is 6.54 Å². The Hall–Kier alpha value is -2.49. The maximum atomic E-state index is 12.8. The second kappa shape index (κ2) is 10.9. The highest BCUT2D eigenvalue weighted by Crippen LogP contribution is 2.17. The van der Waals surface area contributed by atoms with E-state index in [0.29, 0.717) is 25.7 Å². The summed E-state index contributed by atoms with van der Waals surface area (Å²) in [4.78, 5) is 61.9. The van der Waals surface area contributed by atoms with E-state index >= 15 is 0 Å². The van der Waals surface area contributed by atoms with Gasteiger partial charge in [0.2, 0.25) is 23.6 Å². The molecule has 1 aliphatic rings. The van der Waals surface area contributed by atoms with Gasteiger partial charge < -0.3 is 31.8 Å². The van der Waals surface area contributed by atoms with E-state index in [-0.39, 0.29) is 11.8 Å². The molecule has 0 unspecified atom stereocenters. The molecule has 1 rings (SSSR count). The van der Waals surface area contributed by atoms with Crippen molar-refractivity contribution in [3.63, 3.8) is 0 Å². The minimum Gasteiger partial charge on any atom is -0.370 e. The lowest BCUT2D eigenvalue weighted by atomic mass is 9.99. The molecule has 1 saturated heterocycles. The highest BCUT2D eigenvalue weighted by atomic mass is 16.2. The Morgan fingerprint density at radius 1 is 1.07 bits per heavy atom. The predicted octanol–water partition coefficient (Wildman–Crippen LogP) is -1.34. The first-order chi connectivity index (χ1) is 13.5. The zero-order valence-corrected chi connectivity index (χ0v) is 17.5. The Kier molecular flexibility index (Phi) is 9.22. The van der Waals surface area contributed by atoms with Gasteiger partial charge in [0.05, 0.1) is 18.5 Å². The van der Waals surface area contributed by atoms with E-state index < -0.39 is 54.2 Å². The molecule has 1 fully saturated rings. The molecule has 0 radical (unpaired) electrons. The van der Waals surface area contributed by atoms with Crippen LogP contribution < -0.4 is 22.1 Å². The first kappa shape index (κ1) is 24.5. The second-order valence-corrected chi connectivity index (χ2v) is 8.11. The van der Waals surface area contributed by atoms with Gasteiger partial charge in [-0.2, -0.15) is 0 Å². The molecule has 6 N–H and O–H groups in total. The molecule has 0 aromatic heterocycles. The van der Waals surface area contributed by atoms with Crippen molar-refractivity contribution in [3.8, 4) is 0 Å². The molecule has 4 atom stereocenters. The molecule has 0 aromatic carbocycles. The number of carbonyl (C=O) groups excluding carboxylic acids is 5. The van der Waals surface area contributed by atoms with Crippen molar-refractivity contribution in [1.29, 1.82) is 0 Å². The van der Waals surface area contributed by atoms with Crippen molar-refractivity contribution in [1.82, 2.24) is 15.5 Å². The summed E-state index contributed by atoms with van der Waals surface area (Å²) in [5.74, 6) is -2.82. The van der Waals surface area contributed by atoms with Crippen molar-refractivity contribution in [3.05, 3.63) is 0 Å². The lowest BCUT2D eigenvalue weighted by molar-refractivity contribution is -0.141. The monoisotopic (exact) mass is 411 g/mol. The zero-order chi connectivity index (χ0) is 22.3. The molecule has 29 heavy (non-hydrogen) atoms. The van der Waals surface area contributed by atoms with Crippen LogP contribution in [-0.2, 0) is 24.0 Å². The molecule has 0 aromatic rings. The number of carbonyl (C=O) groups is 5. The number of nitrogens with zero attached hydrogens (tertiary/aromatic N) is 1. The van der Waals surface area contributed by atoms with Crippen LogP contribution in [0.4, 0.5) is 0 Å². The Morgan fingerprint density at radius 3 is 2.17 bits per heavy atom. The van der Waals surface area contributed by atoms with E-state index in [4.69, 9.17) is 11.5 Å². The zero-order valence-electron chi connectivity index (χ0n) is 17.5. The van der Waals surface area contributed by atoms with Crippen LogP contribution in [-0.4, -0.2) is 65.5 Å². The van der Waals surface area contributed by atoms with E-state index in [1.165, 1.54) is 4.90 Å². The molecule has 0 aliphatic carbocycles. The van der Waals surface area contributed by atoms with E-state index in [1.54, 1.807) is 27.7 Å². The van der Waals surface area contributed by atoms with Crippen LogP contribution in [0.1, 0.15) is 47.0 Å². The van der Waals surface area contributed by atoms with Crippen molar-refractivity contribution in [2.24, 2.45) is 23.3 Å². The van der Waals surface area contributed by atoms with Crippen molar-refractivity contribution < 1.29 is 24.0 Å². The number of aldehydes is 1. The highest BCUT2D eigenvalue weighted by molar-refractivity contribution is 5.95. The van der Waals surface area contributed by atoms with Gasteiger partial charge in [-0.1, -0.05) is 27.7 Å². The number of nitrogens with one attached hydrogen (secondary N) is 2. The molecular weight excluding hydrogens is 378 g/mol. The molecule has 10 nitrogen and oxygen atoms in total. The molecule has 164 valence electrons. The maximum absolute atomic E-state index is 12.8. The Bertz CT molecular complexity index is 636. The quantitative estimate of drug-likeness (QED) is 0.325. The third kappa shape index (κ3) is 6.81. The van der Waals surface area contributed by atoms with Gasteiger partial charge in [-0.25, -0.2) is 0 Å². The average Bonchev–Trinajstić information content (AvgIpc) is 3.11. The maximum Gasteiger partial charge on any atom is 0.246 e. The summed E-state index contributed by atoms with van der Waals surface area (Å²) in [7, 11) is 0. The fourth-order valence-corrected chi connectivity index (χ4v) is 3.16. The summed E-state index contributed by atoms with van der Waals surface area (Å²) in [5, 5.41) is 5.13. The largest absolute Gasteiger partial charge is 0.370 e. The van der Waals surface area contributed by atoms with E-state index in [0.717, 1.165) is 0 Å². The molecular formula is C19H33N5O5. The Balaban J connectivity index is 2.95. The fraction of sp³-hybridized carbons (Fsp3) is 0.737. The third-order valence-corrected chi connectivity index (χ3v) is 5.03. The van der Waals surface area contributed by atoms with Crippen LogP contribution in [0.2, 0.25) is 0 Å². The Morgan fingerprint density at radius 2 is 1.69 bits per heavy atom. The lowest BCUT2D eigenvalue weighted by Gasteiger charge is -2.29. The van der Waals surface area contributed by atoms with Gasteiger partial charge >= 0.3 is 0 Å². The summed E-state index contributed by atoms with van der Waals surface area (Å²) in [5.41, 5.74) is 11.1. The van der Waals surface area contributed by atoms with Gasteiger partial charge in [0.15, 0.2) is 0 Å². The number of primary amides is 1. The van der Waals surface area contributed by atoms with Crippen LogP contribution in [0.25, 0.3) is 0 Å². The van der Waals surface area contributed by atoms with Crippen LogP contribution in [0.3, 0.4) is 0 Å². The van der Waals surface area contributed by atoms with Crippen LogP contribution in [0, 0.1) is 11.8 Å². The molecule has 4 amide bonds. The molecule has 0 saturated carbocycles. The SMILES string of the molecule is CC(C)[C@H](N)C(=O)N[C@H](C(=O)N[C@@H](CC(N)=O)C(=O)N1CCC[C@H]1C=O)C(C)C. The summed E-state index contributed by atoms with van der Waals surface area (Å²) >= 11 is 0. The van der Waals surface area contributed by atoms with E-state index in [1.807, 2.05) is 0 Å². The van der Waals surface area contributed by atoms with Crippen molar-refractivity contribution in [2.75, 3.05) is 6.54 Å². The second-order valence-electron chi connectivity index (χ2n) is 8.11. The Labute approximate surface area is 171 Å². The average molecular weight is 412 g/mol. The van der Waals surface area contributed by atoms with Crippen molar-refractivity contribution in [2.45, 2.75) is 71.1 Å². The highest BCUT2D eigenvalue weighted by Gasteiger charge is 2.36. The van der Waals surface area contributed by atoms with Crippen LogP contribution in [0.5, 0.6) is 0 Å². The first-order valence-corrected chi connectivity index (χ1v) is 9.90. The van der Waals surface area contributed by atoms with Crippen LogP contribution >= 0.6 is 0 Å². The minimum atomic E-state index is -1.21.